The van der Waals surface area contributed by atoms with Gasteiger partial charge in [-0.05, 0) is 49.4 Å². The van der Waals surface area contributed by atoms with E-state index in [0.717, 1.165) is 54.3 Å². The van der Waals surface area contributed by atoms with Crippen molar-refractivity contribution in [1.82, 2.24) is 4.90 Å². The molecule has 0 bridgehead atoms. The Hall–Kier alpha value is -2.80. The molecule has 6 rings (SSSR count). The van der Waals surface area contributed by atoms with Gasteiger partial charge in [0.25, 0.3) is 0 Å². The summed E-state index contributed by atoms with van der Waals surface area (Å²) < 4.78 is 35.7. The average Bonchev–Trinajstić information content (AvgIpc) is 3.57. The van der Waals surface area contributed by atoms with Gasteiger partial charge in [-0.1, -0.05) is 6.42 Å². The fraction of sp³-hybridized carbons (Fsp3) is 0.556. The van der Waals surface area contributed by atoms with Crippen LogP contribution in [0.5, 0.6) is 34.5 Å². The number of fused-ring (bicyclic) bond motifs is 3. The highest BCUT2D eigenvalue weighted by atomic mass is 16.7. The minimum Gasteiger partial charge on any atom is -0.493 e. The monoisotopic (exact) mass is 467 g/mol. The number of methoxy groups -OCH3 is 3. The number of nitrogens with zero attached hydrogens (tertiary/aromatic N) is 1. The predicted octanol–water partition coefficient (Wildman–Crippen LogP) is 4.95. The lowest BCUT2D eigenvalue weighted by molar-refractivity contribution is -0.154. The Kier molecular flexibility index (Phi) is 5.40. The summed E-state index contributed by atoms with van der Waals surface area (Å²) in [5, 5.41) is 0. The minimum absolute atomic E-state index is 0.104. The first-order valence-electron chi connectivity index (χ1n) is 12.4. The quantitative estimate of drug-likeness (QED) is 0.617. The van der Waals surface area contributed by atoms with Crippen LogP contribution in [0.4, 0.5) is 0 Å². The average molecular weight is 468 g/mol. The van der Waals surface area contributed by atoms with E-state index in [9.17, 15) is 0 Å². The zero-order valence-electron chi connectivity index (χ0n) is 20.2. The standard InChI is InChI=1S/C27H33NO6/c1-29-23-12-17(13-24(30-2)26(23)31-3)25-18-14-21-22(33-16-32-21)15-20(18)34-27(28-10-6-7-11-28)9-5-4-8-19(25)27/h12-15,19,25H,4-11,16H2,1-3H3. The highest BCUT2D eigenvalue weighted by Crippen LogP contribution is 2.58. The second kappa shape index (κ2) is 8.45. The summed E-state index contributed by atoms with van der Waals surface area (Å²) in [6, 6.07) is 8.36. The van der Waals surface area contributed by atoms with Gasteiger partial charge in [0.05, 0.1) is 21.3 Å². The first-order valence-corrected chi connectivity index (χ1v) is 12.4. The van der Waals surface area contributed by atoms with Crippen molar-refractivity contribution in [2.75, 3.05) is 41.2 Å². The van der Waals surface area contributed by atoms with E-state index in [1.807, 2.05) is 6.07 Å². The maximum absolute atomic E-state index is 7.05. The van der Waals surface area contributed by atoms with Crippen molar-refractivity contribution in [2.45, 2.75) is 50.2 Å². The molecule has 7 nitrogen and oxygen atoms in total. The first-order chi connectivity index (χ1) is 16.7. The second-order valence-corrected chi connectivity index (χ2v) is 9.67. The van der Waals surface area contributed by atoms with Gasteiger partial charge in [0.2, 0.25) is 12.5 Å². The van der Waals surface area contributed by atoms with Crippen LogP contribution >= 0.6 is 0 Å². The Morgan fingerprint density at radius 1 is 0.824 bits per heavy atom. The summed E-state index contributed by atoms with van der Waals surface area (Å²) >= 11 is 0. The third-order valence-electron chi connectivity index (χ3n) is 8.10. The summed E-state index contributed by atoms with van der Waals surface area (Å²) in [6.07, 6.45) is 6.96. The largest absolute Gasteiger partial charge is 0.493 e. The lowest BCUT2D eigenvalue weighted by atomic mass is 9.66. The molecule has 2 aromatic rings. The van der Waals surface area contributed by atoms with E-state index < -0.39 is 0 Å². The zero-order chi connectivity index (χ0) is 23.3. The van der Waals surface area contributed by atoms with Crippen LogP contribution in [0.25, 0.3) is 0 Å². The van der Waals surface area contributed by atoms with Crippen molar-refractivity contribution in [2.24, 2.45) is 5.92 Å². The van der Waals surface area contributed by atoms with Crippen molar-refractivity contribution in [3.05, 3.63) is 35.4 Å². The van der Waals surface area contributed by atoms with Gasteiger partial charge in [0.1, 0.15) is 5.75 Å². The molecule has 7 heteroatoms. The SMILES string of the molecule is COc1cc(C2c3cc4c(cc3OC3(N5CCCC5)CCCCC23)OCO4)cc(OC)c1OC. The summed E-state index contributed by atoms with van der Waals surface area (Å²) in [4.78, 5) is 2.61. The molecule has 0 amide bonds. The molecule has 0 spiro atoms. The van der Waals surface area contributed by atoms with Gasteiger partial charge in [0, 0.05) is 43.0 Å². The van der Waals surface area contributed by atoms with Gasteiger partial charge >= 0.3 is 0 Å². The van der Waals surface area contributed by atoms with Crippen molar-refractivity contribution < 1.29 is 28.4 Å². The fourth-order valence-corrected chi connectivity index (χ4v) is 6.63. The van der Waals surface area contributed by atoms with Crippen molar-refractivity contribution in [1.29, 1.82) is 0 Å². The van der Waals surface area contributed by atoms with Crippen LogP contribution in [0, 0.1) is 5.92 Å². The number of hydrogen-bond donors (Lipinski definition) is 0. The Morgan fingerprint density at radius 3 is 2.21 bits per heavy atom. The Morgan fingerprint density at radius 2 is 1.53 bits per heavy atom. The Bertz CT molecular complexity index is 1060. The molecule has 2 fully saturated rings. The van der Waals surface area contributed by atoms with Gasteiger partial charge < -0.3 is 28.4 Å². The van der Waals surface area contributed by atoms with Crippen molar-refractivity contribution >= 4 is 0 Å². The van der Waals surface area contributed by atoms with Gasteiger partial charge in [0.15, 0.2) is 28.7 Å². The minimum atomic E-state index is -0.319. The van der Waals surface area contributed by atoms with Crippen LogP contribution in [-0.4, -0.2) is 51.8 Å². The van der Waals surface area contributed by atoms with Crippen LogP contribution in [0.3, 0.4) is 0 Å². The number of ether oxygens (including phenoxy) is 6. The van der Waals surface area contributed by atoms with Gasteiger partial charge in [-0.3, -0.25) is 4.90 Å². The lowest BCUT2D eigenvalue weighted by Gasteiger charge is -2.55. The summed E-state index contributed by atoms with van der Waals surface area (Å²) in [5.74, 6) is 4.80. The molecule has 2 aromatic carbocycles. The molecule has 1 saturated carbocycles. The van der Waals surface area contributed by atoms with Crippen molar-refractivity contribution in [3.8, 4) is 34.5 Å². The third kappa shape index (κ3) is 3.20. The predicted molar refractivity (Wildman–Crippen MR) is 127 cm³/mol. The van der Waals surface area contributed by atoms with Gasteiger partial charge in [-0.2, -0.15) is 0 Å². The molecule has 1 aliphatic carbocycles. The molecule has 3 aliphatic heterocycles. The van der Waals surface area contributed by atoms with E-state index >= 15 is 0 Å². The Balaban J connectivity index is 1.57. The topological polar surface area (TPSA) is 58.6 Å². The first kappa shape index (κ1) is 21.7. The smallest absolute Gasteiger partial charge is 0.231 e. The Labute approximate surface area is 200 Å². The molecular weight excluding hydrogens is 434 g/mol. The number of likely N-dealkylation sites (tertiary alicyclic amines) is 1. The second-order valence-electron chi connectivity index (χ2n) is 9.67. The molecule has 182 valence electrons. The maximum Gasteiger partial charge on any atom is 0.231 e. The zero-order valence-corrected chi connectivity index (χ0v) is 20.2. The lowest BCUT2D eigenvalue weighted by Crippen LogP contribution is -2.61. The normalized spacial score (nSPS) is 27.5. The molecule has 3 heterocycles. The molecule has 34 heavy (non-hydrogen) atoms. The van der Waals surface area contributed by atoms with Crippen molar-refractivity contribution in [3.63, 3.8) is 0 Å². The van der Waals surface area contributed by atoms with E-state index in [2.05, 4.69) is 23.1 Å². The van der Waals surface area contributed by atoms with Crippen LogP contribution < -0.4 is 28.4 Å². The van der Waals surface area contributed by atoms with Crippen LogP contribution in [-0.2, 0) is 0 Å². The maximum atomic E-state index is 7.05. The molecule has 3 atom stereocenters. The molecule has 3 unspecified atom stereocenters. The molecule has 1 saturated heterocycles. The molecular formula is C27H33NO6. The van der Waals surface area contributed by atoms with E-state index in [4.69, 9.17) is 28.4 Å². The highest BCUT2D eigenvalue weighted by Gasteiger charge is 2.55. The van der Waals surface area contributed by atoms with E-state index in [1.54, 1.807) is 21.3 Å². The number of benzene rings is 2. The van der Waals surface area contributed by atoms with E-state index in [1.165, 1.54) is 25.7 Å². The summed E-state index contributed by atoms with van der Waals surface area (Å²) in [6.45, 7) is 2.41. The fourth-order valence-electron chi connectivity index (χ4n) is 6.63. The third-order valence-corrected chi connectivity index (χ3v) is 8.10. The van der Waals surface area contributed by atoms with Crippen LogP contribution in [0.1, 0.15) is 55.6 Å². The molecule has 0 aromatic heterocycles. The van der Waals surface area contributed by atoms with E-state index in [-0.39, 0.29) is 18.4 Å². The van der Waals surface area contributed by atoms with Gasteiger partial charge in [-0.25, -0.2) is 0 Å². The van der Waals surface area contributed by atoms with E-state index in [0.29, 0.717) is 23.2 Å². The van der Waals surface area contributed by atoms with Gasteiger partial charge in [-0.15, -0.1) is 0 Å². The van der Waals surface area contributed by atoms with Crippen LogP contribution in [0.2, 0.25) is 0 Å². The summed E-state index contributed by atoms with van der Waals surface area (Å²) in [7, 11) is 4.99. The molecule has 4 aliphatic rings. The number of rotatable bonds is 5. The molecule has 0 N–H and O–H groups in total. The summed E-state index contributed by atoms with van der Waals surface area (Å²) in [5.41, 5.74) is 1.97. The highest BCUT2D eigenvalue weighted by molar-refractivity contribution is 5.60. The number of hydrogen-bond acceptors (Lipinski definition) is 7. The molecule has 0 radical (unpaired) electrons. The van der Waals surface area contributed by atoms with Crippen LogP contribution in [0.15, 0.2) is 24.3 Å².